The van der Waals surface area contributed by atoms with Crippen LogP contribution in [0.15, 0.2) is 23.3 Å². The maximum absolute atomic E-state index is 11.5. The molecule has 16 heavy (non-hydrogen) atoms. The van der Waals surface area contributed by atoms with Gasteiger partial charge in [-0.15, -0.1) is 0 Å². The van der Waals surface area contributed by atoms with E-state index in [1.165, 1.54) is 18.4 Å². The Morgan fingerprint density at radius 3 is 3.12 bits per heavy atom. The van der Waals surface area contributed by atoms with Crippen LogP contribution in [0.2, 0.25) is 0 Å². The lowest BCUT2D eigenvalue weighted by molar-refractivity contribution is -0.146. The van der Waals surface area contributed by atoms with Gasteiger partial charge < -0.3 is 4.74 Å². The average molecular weight is 217 g/mol. The minimum Gasteiger partial charge on any atom is -0.445 e. The molecule has 0 amide bonds. The first-order valence-electron chi connectivity index (χ1n) is 6.16. The van der Waals surface area contributed by atoms with Crippen LogP contribution in [0.25, 0.3) is 0 Å². The Hall–Kier alpha value is -1.09. The second-order valence-electron chi connectivity index (χ2n) is 5.28. The summed E-state index contributed by atoms with van der Waals surface area (Å²) in [4.78, 5) is 14.0. The molecule has 0 aromatic rings. The molecule has 3 atom stereocenters. The van der Waals surface area contributed by atoms with E-state index in [0.29, 0.717) is 12.1 Å². The predicted octanol–water partition coefficient (Wildman–Crippen LogP) is 1.41. The number of hydrogen-bond acceptors (Lipinski definition) is 3. The summed E-state index contributed by atoms with van der Waals surface area (Å²) < 4.78 is 5.67. The summed E-state index contributed by atoms with van der Waals surface area (Å²) in [5.74, 6) is -0.152. The number of fused-ring (bicyclic) bond motifs is 1. The molecular weight excluding hydrogens is 202 g/mol. The van der Waals surface area contributed by atoms with Gasteiger partial charge in [-0.05, 0) is 38.0 Å². The van der Waals surface area contributed by atoms with Crippen molar-refractivity contribution in [3.63, 3.8) is 0 Å². The summed E-state index contributed by atoms with van der Waals surface area (Å²) >= 11 is 0. The minimum absolute atomic E-state index is 0.152. The van der Waals surface area contributed by atoms with Gasteiger partial charge in [0, 0.05) is 17.7 Å². The van der Waals surface area contributed by atoms with E-state index in [-0.39, 0.29) is 11.6 Å². The summed E-state index contributed by atoms with van der Waals surface area (Å²) in [6.07, 6.45) is 7.53. The van der Waals surface area contributed by atoms with Gasteiger partial charge in [0.2, 0.25) is 0 Å². The molecule has 1 aliphatic carbocycles. The molecule has 0 radical (unpaired) electrons. The van der Waals surface area contributed by atoms with Gasteiger partial charge in [-0.3, -0.25) is 4.90 Å². The van der Waals surface area contributed by atoms with Gasteiger partial charge in [0.05, 0.1) is 6.04 Å². The van der Waals surface area contributed by atoms with E-state index in [4.69, 9.17) is 4.74 Å². The van der Waals surface area contributed by atoms with Gasteiger partial charge in [-0.1, -0.05) is 6.42 Å². The molecule has 0 bridgehead atoms. The number of hydrogen-bond donors (Lipinski definition) is 0. The Morgan fingerprint density at radius 1 is 1.44 bits per heavy atom. The van der Waals surface area contributed by atoms with Crippen molar-refractivity contribution in [3.8, 4) is 0 Å². The Morgan fingerprint density at radius 2 is 2.31 bits per heavy atom. The van der Waals surface area contributed by atoms with Gasteiger partial charge in [0.15, 0.2) is 5.60 Å². The second-order valence-corrected chi connectivity index (χ2v) is 5.28. The van der Waals surface area contributed by atoms with Crippen molar-refractivity contribution in [3.05, 3.63) is 23.3 Å². The zero-order chi connectivity index (χ0) is 10.9. The van der Waals surface area contributed by atoms with Crippen LogP contribution in [-0.4, -0.2) is 35.1 Å². The van der Waals surface area contributed by atoms with Gasteiger partial charge in [-0.25, -0.2) is 4.79 Å². The largest absolute Gasteiger partial charge is 0.445 e. The van der Waals surface area contributed by atoms with Crippen LogP contribution in [0.3, 0.4) is 0 Å². The maximum Gasteiger partial charge on any atom is 0.332 e. The quantitative estimate of drug-likeness (QED) is 0.574. The third-order valence-corrected chi connectivity index (χ3v) is 4.66. The van der Waals surface area contributed by atoms with Crippen molar-refractivity contribution in [1.29, 1.82) is 0 Å². The highest BCUT2D eigenvalue weighted by Gasteiger charge is 2.65. The van der Waals surface area contributed by atoms with Crippen molar-refractivity contribution in [2.45, 2.75) is 43.9 Å². The summed E-state index contributed by atoms with van der Waals surface area (Å²) in [6, 6.07) is 0.863. The average Bonchev–Trinajstić information content (AvgIpc) is 2.62. The number of rotatable bonds is 0. The van der Waals surface area contributed by atoms with Gasteiger partial charge >= 0.3 is 5.97 Å². The lowest BCUT2D eigenvalue weighted by atomic mass is 9.71. The number of carbonyl (C=O) groups is 1. The number of carbonyl (C=O) groups excluding carboxylic acids is 1. The molecule has 0 unspecified atom stereocenters. The normalized spacial score (nSPS) is 44.9. The van der Waals surface area contributed by atoms with Gasteiger partial charge in [0.25, 0.3) is 0 Å². The SMILES string of the molecule is C[C@H]1C2=CC3=CC(=O)O[C@]32[C@H]2CCCCN12. The van der Waals surface area contributed by atoms with Crippen molar-refractivity contribution in [2.24, 2.45) is 0 Å². The fourth-order valence-electron chi connectivity index (χ4n) is 3.97. The first-order chi connectivity index (χ1) is 7.73. The lowest BCUT2D eigenvalue weighted by Crippen LogP contribution is -2.51. The van der Waals surface area contributed by atoms with Crippen LogP contribution >= 0.6 is 0 Å². The monoisotopic (exact) mass is 217 g/mol. The predicted molar refractivity (Wildman–Crippen MR) is 58.8 cm³/mol. The molecule has 84 valence electrons. The van der Waals surface area contributed by atoms with Crippen molar-refractivity contribution < 1.29 is 9.53 Å². The molecule has 3 nitrogen and oxygen atoms in total. The molecule has 4 rings (SSSR count). The Kier molecular flexibility index (Phi) is 1.46. The molecule has 3 heterocycles. The lowest BCUT2D eigenvalue weighted by Gasteiger charge is -2.41. The second kappa shape index (κ2) is 2.59. The maximum atomic E-state index is 11.5. The highest BCUT2D eigenvalue weighted by Crippen LogP contribution is 2.57. The number of ether oxygens (including phenoxy) is 1. The Balaban J connectivity index is 1.84. The van der Waals surface area contributed by atoms with Gasteiger partial charge in [-0.2, -0.15) is 0 Å². The molecule has 3 aliphatic heterocycles. The highest BCUT2D eigenvalue weighted by atomic mass is 16.6. The molecule has 0 aromatic carbocycles. The number of nitrogens with zero attached hydrogens (tertiary/aromatic N) is 1. The fourth-order valence-corrected chi connectivity index (χ4v) is 3.97. The smallest absolute Gasteiger partial charge is 0.332 e. The Labute approximate surface area is 94.8 Å². The fraction of sp³-hybridized carbons (Fsp3) is 0.615. The van der Waals surface area contributed by atoms with Crippen LogP contribution in [0.4, 0.5) is 0 Å². The summed E-state index contributed by atoms with van der Waals surface area (Å²) in [5.41, 5.74) is 2.13. The molecule has 0 saturated carbocycles. The molecule has 3 heteroatoms. The van der Waals surface area contributed by atoms with Crippen molar-refractivity contribution >= 4 is 5.97 Å². The molecule has 0 aromatic heterocycles. The van der Waals surface area contributed by atoms with Crippen LogP contribution in [-0.2, 0) is 9.53 Å². The van der Waals surface area contributed by atoms with E-state index in [9.17, 15) is 4.79 Å². The summed E-state index contributed by atoms with van der Waals surface area (Å²) in [7, 11) is 0. The van der Waals surface area contributed by atoms with E-state index in [0.717, 1.165) is 18.5 Å². The zero-order valence-electron chi connectivity index (χ0n) is 9.40. The minimum atomic E-state index is -0.322. The zero-order valence-corrected chi connectivity index (χ0v) is 9.40. The van der Waals surface area contributed by atoms with Crippen molar-refractivity contribution in [1.82, 2.24) is 4.90 Å². The van der Waals surface area contributed by atoms with Gasteiger partial charge in [0.1, 0.15) is 0 Å². The van der Waals surface area contributed by atoms with Crippen LogP contribution in [0.5, 0.6) is 0 Å². The van der Waals surface area contributed by atoms with E-state index in [2.05, 4.69) is 17.9 Å². The van der Waals surface area contributed by atoms with Crippen LogP contribution in [0.1, 0.15) is 26.2 Å². The first kappa shape index (κ1) is 8.99. The van der Waals surface area contributed by atoms with Crippen LogP contribution in [0, 0.1) is 0 Å². The molecule has 0 N–H and O–H groups in total. The molecule has 1 spiro atoms. The third-order valence-electron chi connectivity index (χ3n) is 4.66. The standard InChI is InChI=1S/C13H15NO2/c1-8-10-6-9-7-12(15)16-13(9,10)11-4-2-3-5-14(8)11/h6-8,11H,2-5H2,1H3/t8-,11+,13+/m0/s1. The number of piperidine rings is 1. The topological polar surface area (TPSA) is 29.5 Å². The highest BCUT2D eigenvalue weighted by molar-refractivity contribution is 5.91. The van der Waals surface area contributed by atoms with E-state index in [1.54, 1.807) is 6.08 Å². The Bertz CT molecular complexity index is 451. The molecule has 2 fully saturated rings. The third kappa shape index (κ3) is 0.766. The summed E-state index contributed by atoms with van der Waals surface area (Å²) in [5, 5.41) is 0. The first-order valence-corrected chi connectivity index (χ1v) is 6.16. The molecular formula is C13H15NO2. The molecule has 2 saturated heterocycles. The number of esters is 1. The van der Waals surface area contributed by atoms with E-state index < -0.39 is 0 Å². The van der Waals surface area contributed by atoms with Crippen LogP contribution < -0.4 is 0 Å². The van der Waals surface area contributed by atoms with Crippen molar-refractivity contribution in [2.75, 3.05) is 6.54 Å². The summed E-state index contributed by atoms with van der Waals surface area (Å²) in [6.45, 7) is 3.39. The van der Waals surface area contributed by atoms with E-state index >= 15 is 0 Å². The van der Waals surface area contributed by atoms with E-state index in [1.807, 2.05) is 0 Å². The molecule has 4 aliphatic rings.